The molecule has 0 fully saturated rings. The highest BCUT2D eigenvalue weighted by molar-refractivity contribution is 6.61. The van der Waals surface area contributed by atoms with Crippen molar-refractivity contribution >= 4 is 71.3 Å². The van der Waals surface area contributed by atoms with E-state index in [4.69, 9.17) is 85.2 Å². The molecule has 0 radical (unpaired) electrons. The SMILES string of the molecule is CCCCCCCCCCCCOC(=O)C(C)(CC(C)(CC)C(=O)OC)CC(C)(CC(C)(C)C(=O)OCCO)C(=O)OCCCC.CCCCCCCCCCCCOC(=O)C(C)(CC(C)(CC)C(=O)OC)CC(C)(CC(C)(CC(C)(C)C(=O)OCCO)C(=O)OCCC(CCC[Si](OCC)(OCC)OCC)OON)C(=O)OCCCC.CCO[Si](CCCOC#N)(OCC)OCC. The number of nitrogens with zero attached hydrogens (tertiary/aromatic N) is 1. The highest BCUT2D eigenvalue weighted by Gasteiger charge is 2.58. The summed E-state index contributed by atoms with van der Waals surface area (Å²) in [6.07, 6.45) is 28.5. The Balaban J connectivity index is -0.00000231. The number of unbranched alkanes of at least 4 members (excludes halogenated alkanes) is 20. The lowest BCUT2D eigenvalue weighted by atomic mass is 9.59. The van der Waals surface area contributed by atoms with Crippen molar-refractivity contribution in [3.8, 4) is 6.26 Å². The molecule has 8 atom stereocenters. The fraction of sp³-hybridized carbons (Fsp3) is 0.900. The van der Waals surface area contributed by atoms with E-state index in [9.17, 15) is 53.4 Å². The standard InChI is InChI=1S/C53H101NO16Si.C37H68O9.C10H21NO4Si/c1-14-20-22-23-24-25-26-27-28-29-35-63-47(59)52(11,40-50(9,16-3)45(57)61-13)42-53(12,48(60)62-34-21-15-2)41-51(10,39-49(7,8)44(56)65-37-33-55)46(58)64-36-32-43(69-70-54)31-30-38-71(66-17-4,67-18-5)68-19-6;1-10-13-15-16-17-18-19-20-21-22-25-45-33(42)37(8,28-35(6,12-3)31(40)43-9)29-36(7,32(41)44-24-14-11-2)27-34(4,5)30(39)46-26-23-38;1-4-13-16(14-5-2,15-6-3)9-7-8-12-10-11/h43,55H,14-42,54H2,1-13H3;38H,10-29H2,1-9H3;4-9H2,1-3H3. The van der Waals surface area contributed by atoms with Crippen molar-refractivity contribution in [2.75, 3.05) is 120 Å². The van der Waals surface area contributed by atoms with Crippen molar-refractivity contribution in [1.82, 2.24) is 0 Å². The van der Waals surface area contributed by atoms with Gasteiger partial charge in [0, 0.05) is 58.2 Å². The highest BCUT2D eigenvalue weighted by atomic mass is 28.4. The van der Waals surface area contributed by atoms with Gasteiger partial charge in [-0.05, 0) is 220 Å². The summed E-state index contributed by atoms with van der Waals surface area (Å²) in [5.41, 5.74) is -11.9. The fourth-order valence-corrected chi connectivity index (χ4v) is 23.1. The summed E-state index contributed by atoms with van der Waals surface area (Å²) in [5, 5.41) is 26.9. The molecule has 0 heterocycles. The van der Waals surface area contributed by atoms with Crippen molar-refractivity contribution in [3.05, 3.63) is 0 Å². The minimum Gasteiger partial charge on any atom is -0.469 e. The molecule has 0 aromatic rings. The van der Waals surface area contributed by atoms with Crippen LogP contribution < -0.4 is 5.90 Å². The zero-order valence-corrected chi connectivity index (χ0v) is 89.9. The number of nitriles is 1. The van der Waals surface area contributed by atoms with Crippen LogP contribution in [0.1, 0.15) is 397 Å². The van der Waals surface area contributed by atoms with E-state index in [1.54, 1.807) is 82.4 Å². The molecule has 0 aliphatic rings. The van der Waals surface area contributed by atoms with Crippen LogP contribution in [0.3, 0.4) is 0 Å². The Morgan fingerprint density at radius 3 is 0.820 bits per heavy atom. The average molecular weight is 1940 g/mol. The van der Waals surface area contributed by atoms with Gasteiger partial charge in [-0.1, -0.05) is 170 Å². The third kappa shape index (κ3) is 53.5. The molecule has 0 aliphatic carbocycles. The molecule has 33 heteroatoms. The number of carbonyl (C=O) groups excluding carboxylic acids is 9. The lowest BCUT2D eigenvalue weighted by molar-refractivity contribution is -0.332. The predicted molar refractivity (Wildman–Crippen MR) is 517 cm³/mol. The highest BCUT2D eigenvalue weighted by Crippen LogP contribution is 2.54. The molecule has 782 valence electrons. The summed E-state index contributed by atoms with van der Waals surface area (Å²) >= 11 is 0. The fourth-order valence-electron chi connectivity index (χ4n) is 17.8. The first-order chi connectivity index (χ1) is 62.9. The minimum absolute atomic E-state index is 0.00881. The van der Waals surface area contributed by atoms with Crippen molar-refractivity contribution in [2.24, 2.45) is 54.6 Å². The number of methoxy groups -OCH3 is 2. The van der Waals surface area contributed by atoms with E-state index in [1.165, 1.54) is 97.7 Å². The summed E-state index contributed by atoms with van der Waals surface area (Å²) in [5.74, 6) is 0.197. The van der Waals surface area contributed by atoms with Crippen LogP contribution in [-0.2, 0) is 127 Å². The second-order valence-corrected chi connectivity index (χ2v) is 44.1. The molecular weight excluding hydrogens is 1750 g/mol. The van der Waals surface area contributed by atoms with Gasteiger partial charge in [0.15, 0.2) is 0 Å². The molecule has 0 rings (SSSR count). The number of hydrogen-bond donors (Lipinski definition) is 3. The average Bonchev–Trinajstić information content (AvgIpc) is 0.718. The lowest BCUT2D eigenvalue weighted by Crippen LogP contribution is -2.49. The molecule has 0 aromatic heterocycles. The number of carbonyl (C=O) groups is 9. The predicted octanol–water partition coefficient (Wildman–Crippen LogP) is 20.5. The summed E-state index contributed by atoms with van der Waals surface area (Å²) in [7, 11) is -2.87. The smallest absolute Gasteiger partial charge is 0.469 e. The summed E-state index contributed by atoms with van der Waals surface area (Å²) < 4.78 is 90.2. The van der Waals surface area contributed by atoms with Crippen molar-refractivity contribution in [3.63, 3.8) is 0 Å². The van der Waals surface area contributed by atoms with E-state index in [-0.39, 0.29) is 104 Å². The first kappa shape index (κ1) is 132. The number of hydrogen-bond acceptors (Lipinski definition) is 31. The molecule has 0 bridgehead atoms. The van der Waals surface area contributed by atoms with Crippen LogP contribution in [-0.4, -0.2) is 208 Å². The van der Waals surface area contributed by atoms with E-state index in [1.807, 2.05) is 69.2 Å². The molecule has 0 aliphatic heterocycles. The molecular formula is C100H190N2O29Si2. The van der Waals surface area contributed by atoms with E-state index in [2.05, 4.69) is 23.6 Å². The Kier molecular flexibility index (Phi) is 72.9. The van der Waals surface area contributed by atoms with Gasteiger partial charge in [-0.15, -0.1) is 4.99 Å². The Labute approximate surface area is 805 Å². The van der Waals surface area contributed by atoms with Crippen LogP contribution in [0.4, 0.5) is 0 Å². The normalized spacial score (nSPS) is 15.2. The minimum atomic E-state index is -2.96. The van der Waals surface area contributed by atoms with Gasteiger partial charge >= 0.3 is 71.3 Å². The van der Waals surface area contributed by atoms with Crippen LogP contribution in [0.5, 0.6) is 0 Å². The lowest BCUT2D eigenvalue weighted by Gasteiger charge is -2.44. The number of rotatable bonds is 82. The van der Waals surface area contributed by atoms with Gasteiger partial charge < -0.3 is 84.1 Å². The molecule has 133 heavy (non-hydrogen) atoms. The first-order valence-electron chi connectivity index (χ1n) is 50.4. The monoisotopic (exact) mass is 1940 g/mol. The van der Waals surface area contributed by atoms with Gasteiger partial charge in [-0.3, -0.25) is 43.2 Å². The van der Waals surface area contributed by atoms with Crippen molar-refractivity contribution in [2.45, 2.75) is 415 Å². The second-order valence-electron chi connectivity index (χ2n) is 38.6. The van der Waals surface area contributed by atoms with Gasteiger partial charge in [0.1, 0.15) is 19.8 Å². The number of ether oxygens (including phenoxy) is 10. The third-order valence-electron chi connectivity index (χ3n) is 24.5. The van der Waals surface area contributed by atoms with Gasteiger partial charge in [0.2, 0.25) is 0 Å². The number of aliphatic hydroxyl groups is 2. The van der Waals surface area contributed by atoms with Crippen molar-refractivity contribution < 1.29 is 137 Å². The maximum atomic E-state index is 14.8. The molecule has 0 amide bonds. The Morgan fingerprint density at radius 2 is 0.556 bits per heavy atom. The van der Waals surface area contributed by atoms with Crippen LogP contribution >= 0.6 is 0 Å². The number of aliphatic hydroxyl groups excluding tert-OH is 2. The van der Waals surface area contributed by atoms with Gasteiger partial charge in [0.05, 0.1) is 115 Å². The van der Waals surface area contributed by atoms with Crippen LogP contribution in [0.2, 0.25) is 12.1 Å². The molecule has 0 spiro atoms. The summed E-state index contributed by atoms with van der Waals surface area (Å²) in [6, 6.07) is 1.19. The zero-order valence-electron chi connectivity index (χ0n) is 87.9. The Bertz CT molecular complexity index is 3130. The topological polar surface area (TPSA) is 410 Å². The van der Waals surface area contributed by atoms with Crippen LogP contribution in [0.25, 0.3) is 0 Å². The zero-order chi connectivity index (χ0) is 102. The van der Waals surface area contributed by atoms with Crippen molar-refractivity contribution in [1.29, 1.82) is 5.26 Å². The maximum Gasteiger partial charge on any atom is 0.501 e. The molecule has 4 N–H and O–H groups in total. The van der Waals surface area contributed by atoms with Gasteiger partial charge in [0.25, 0.3) is 6.26 Å². The van der Waals surface area contributed by atoms with Gasteiger partial charge in [-0.25, -0.2) is 4.89 Å². The molecule has 31 nitrogen and oxygen atoms in total. The molecule has 0 aromatic carbocycles. The second kappa shape index (κ2) is 73.6. The molecule has 0 saturated carbocycles. The number of esters is 9. The molecule has 0 saturated heterocycles. The van der Waals surface area contributed by atoms with Gasteiger partial charge in [-0.2, -0.15) is 11.2 Å². The Morgan fingerprint density at radius 1 is 0.301 bits per heavy atom. The van der Waals surface area contributed by atoms with E-state index in [0.717, 1.165) is 51.4 Å². The van der Waals surface area contributed by atoms with E-state index in [0.29, 0.717) is 110 Å². The molecule has 8 unspecified atom stereocenters. The maximum absolute atomic E-state index is 14.8. The van der Waals surface area contributed by atoms with Crippen LogP contribution in [0, 0.1) is 60.3 Å². The van der Waals surface area contributed by atoms with E-state index >= 15 is 0 Å². The van der Waals surface area contributed by atoms with E-state index < -0.39 is 133 Å². The Hall–Kier alpha value is -5.49. The largest absolute Gasteiger partial charge is 0.501 e. The summed E-state index contributed by atoms with van der Waals surface area (Å²) in [6.45, 7) is 44.8. The van der Waals surface area contributed by atoms with Crippen LogP contribution in [0.15, 0.2) is 0 Å². The summed E-state index contributed by atoms with van der Waals surface area (Å²) in [4.78, 5) is 135. The first-order valence-corrected chi connectivity index (χ1v) is 54.2. The number of nitrogens with two attached hydrogens (primary N) is 1. The quantitative estimate of drug-likeness (QED) is 0.00968. The third-order valence-corrected chi connectivity index (χ3v) is 30.8.